The van der Waals surface area contributed by atoms with Crippen LogP contribution in [0.3, 0.4) is 0 Å². The Hall–Kier alpha value is -3.62. The lowest BCUT2D eigenvalue weighted by atomic mass is 9.88. The van der Waals surface area contributed by atoms with Crippen molar-refractivity contribution in [3.05, 3.63) is 58.7 Å². The van der Waals surface area contributed by atoms with E-state index >= 15 is 0 Å². The SMILES string of the molecule is COC(=O)N1CCc2ccc3c(nc(C4CCCCC4)n3CC(C(=O)O)c3cc(F)cc(OC)c3)c2C1. The Bertz CT molecular complexity index is 1330. The number of methoxy groups -OCH3 is 2. The Balaban J connectivity index is 1.62. The second kappa shape index (κ2) is 10.4. The van der Waals surface area contributed by atoms with Gasteiger partial charge in [0.2, 0.25) is 0 Å². The topological polar surface area (TPSA) is 93.9 Å². The van der Waals surface area contributed by atoms with Gasteiger partial charge in [-0.3, -0.25) is 4.79 Å². The smallest absolute Gasteiger partial charge is 0.409 e. The van der Waals surface area contributed by atoms with E-state index in [-0.39, 0.29) is 24.3 Å². The zero-order valence-electron chi connectivity index (χ0n) is 21.2. The molecule has 0 radical (unpaired) electrons. The van der Waals surface area contributed by atoms with Crippen molar-refractivity contribution in [1.82, 2.24) is 14.5 Å². The molecular weight excluding hydrogens is 477 g/mol. The maximum absolute atomic E-state index is 14.3. The van der Waals surface area contributed by atoms with Crippen LogP contribution in [0, 0.1) is 5.82 Å². The molecule has 5 rings (SSSR count). The standard InChI is InChI=1S/C28H32FN3O5/c1-36-21-13-19(12-20(29)14-21)23(27(33)34)16-32-24-9-8-17-10-11-31(28(35)37-2)15-22(17)25(24)30-26(32)18-6-4-3-5-7-18/h8-9,12-14,18,23H,3-7,10-11,15-16H2,1-2H3,(H,33,34). The first kappa shape index (κ1) is 25.0. The Labute approximate surface area is 215 Å². The second-order valence-corrected chi connectivity index (χ2v) is 9.94. The minimum atomic E-state index is -1.04. The van der Waals surface area contributed by atoms with Crippen molar-refractivity contribution in [3.8, 4) is 5.75 Å². The predicted octanol–water partition coefficient (Wildman–Crippen LogP) is 5.22. The van der Waals surface area contributed by atoms with Crippen LogP contribution >= 0.6 is 0 Å². The minimum Gasteiger partial charge on any atom is -0.497 e. The average molecular weight is 510 g/mol. The number of carbonyl (C=O) groups is 2. The molecule has 2 aliphatic rings. The molecule has 9 heteroatoms. The number of hydrogen-bond donors (Lipinski definition) is 1. The van der Waals surface area contributed by atoms with E-state index < -0.39 is 17.7 Å². The highest BCUT2D eigenvalue weighted by atomic mass is 19.1. The molecule has 2 heterocycles. The summed E-state index contributed by atoms with van der Waals surface area (Å²) >= 11 is 0. The van der Waals surface area contributed by atoms with Crippen LogP contribution in [0.4, 0.5) is 9.18 Å². The first-order valence-electron chi connectivity index (χ1n) is 12.8. The van der Waals surface area contributed by atoms with Crippen molar-refractivity contribution in [2.24, 2.45) is 0 Å². The third-order valence-corrected chi connectivity index (χ3v) is 7.75. The molecule has 196 valence electrons. The van der Waals surface area contributed by atoms with Gasteiger partial charge in [0.05, 0.1) is 37.7 Å². The summed E-state index contributed by atoms with van der Waals surface area (Å²) in [7, 11) is 2.81. The van der Waals surface area contributed by atoms with E-state index in [4.69, 9.17) is 14.5 Å². The van der Waals surface area contributed by atoms with E-state index in [1.165, 1.54) is 32.8 Å². The van der Waals surface area contributed by atoms with Crippen LogP contribution < -0.4 is 4.74 Å². The summed E-state index contributed by atoms with van der Waals surface area (Å²) < 4.78 is 26.5. The molecule has 1 aliphatic heterocycles. The van der Waals surface area contributed by atoms with Gasteiger partial charge in [-0.15, -0.1) is 0 Å². The molecule has 3 aromatic rings. The fraction of sp³-hybridized carbons (Fsp3) is 0.464. The summed E-state index contributed by atoms with van der Waals surface area (Å²) in [5.41, 5.74) is 4.09. The second-order valence-electron chi connectivity index (χ2n) is 9.94. The number of ether oxygens (including phenoxy) is 2. The number of carbonyl (C=O) groups excluding carboxylic acids is 1. The molecule has 1 fully saturated rings. The van der Waals surface area contributed by atoms with E-state index in [1.807, 2.05) is 10.6 Å². The molecule has 0 bridgehead atoms. The highest BCUT2D eigenvalue weighted by Gasteiger charge is 2.30. The van der Waals surface area contributed by atoms with Gasteiger partial charge in [0.15, 0.2) is 0 Å². The van der Waals surface area contributed by atoms with Crippen LogP contribution in [0.5, 0.6) is 5.75 Å². The number of amides is 1. The third kappa shape index (κ3) is 4.86. The van der Waals surface area contributed by atoms with Crippen LogP contribution in [0.25, 0.3) is 11.0 Å². The first-order valence-corrected chi connectivity index (χ1v) is 12.8. The summed E-state index contributed by atoms with van der Waals surface area (Å²) in [5, 5.41) is 10.2. The van der Waals surface area contributed by atoms with Crippen molar-refractivity contribution < 1.29 is 28.6 Å². The number of carboxylic acid groups (broad SMARTS) is 1. The fourth-order valence-corrected chi connectivity index (χ4v) is 5.80. The quantitative estimate of drug-likeness (QED) is 0.489. The first-order chi connectivity index (χ1) is 17.9. The van der Waals surface area contributed by atoms with Gasteiger partial charge in [0.1, 0.15) is 17.4 Å². The van der Waals surface area contributed by atoms with Gasteiger partial charge < -0.3 is 24.0 Å². The average Bonchev–Trinajstić information content (AvgIpc) is 3.29. The number of hydrogen-bond acceptors (Lipinski definition) is 5. The van der Waals surface area contributed by atoms with Gasteiger partial charge in [-0.25, -0.2) is 14.2 Å². The summed E-state index contributed by atoms with van der Waals surface area (Å²) in [6.45, 7) is 1.08. The van der Waals surface area contributed by atoms with Gasteiger partial charge >= 0.3 is 12.1 Å². The number of nitrogens with zero attached hydrogens (tertiary/aromatic N) is 3. The van der Waals surface area contributed by atoms with E-state index in [0.717, 1.165) is 53.7 Å². The van der Waals surface area contributed by atoms with Crippen molar-refractivity contribution in [3.63, 3.8) is 0 Å². The number of imidazole rings is 1. The number of carboxylic acids is 1. The highest BCUT2D eigenvalue weighted by molar-refractivity contribution is 5.83. The molecule has 1 aromatic heterocycles. The molecule has 1 N–H and O–H groups in total. The predicted molar refractivity (Wildman–Crippen MR) is 135 cm³/mol. The van der Waals surface area contributed by atoms with Crippen LogP contribution in [-0.2, 0) is 29.0 Å². The van der Waals surface area contributed by atoms with Gasteiger partial charge in [-0.2, -0.15) is 0 Å². The molecule has 1 unspecified atom stereocenters. The maximum atomic E-state index is 14.3. The molecule has 0 saturated heterocycles. The summed E-state index contributed by atoms with van der Waals surface area (Å²) in [4.78, 5) is 31.5. The third-order valence-electron chi connectivity index (χ3n) is 7.75. The Kier molecular flexibility index (Phi) is 7.04. The van der Waals surface area contributed by atoms with Crippen LogP contribution in [-0.4, -0.2) is 52.4 Å². The number of halogens is 1. The van der Waals surface area contributed by atoms with E-state index in [2.05, 4.69) is 6.07 Å². The zero-order chi connectivity index (χ0) is 26.1. The van der Waals surface area contributed by atoms with E-state index in [1.54, 1.807) is 11.0 Å². The normalized spacial score (nSPS) is 16.9. The molecule has 1 aliphatic carbocycles. The Morgan fingerprint density at radius 2 is 1.95 bits per heavy atom. The number of aliphatic carboxylic acids is 1. The lowest BCUT2D eigenvalue weighted by Gasteiger charge is -2.27. The van der Waals surface area contributed by atoms with Gasteiger partial charge in [0, 0.05) is 30.6 Å². The summed E-state index contributed by atoms with van der Waals surface area (Å²) in [5.74, 6) is -1.21. The Morgan fingerprint density at radius 1 is 1.16 bits per heavy atom. The van der Waals surface area contributed by atoms with Gasteiger partial charge in [-0.05, 0) is 48.6 Å². The lowest BCUT2D eigenvalue weighted by molar-refractivity contribution is -0.139. The molecule has 2 aromatic carbocycles. The van der Waals surface area contributed by atoms with Crippen molar-refractivity contribution in [1.29, 1.82) is 0 Å². The monoisotopic (exact) mass is 509 g/mol. The molecule has 0 spiro atoms. The molecule has 1 saturated carbocycles. The zero-order valence-corrected chi connectivity index (χ0v) is 21.2. The van der Waals surface area contributed by atoms with E-state index in [0.29, 0.717) is 25.1 Å². The van der Waals surface area contributed by atoms with Crippen LogP contribution in [0.1, 0.15) is 66.5 Å². The van der Waals surface area contributed by atoms with Crippen LogP contribution in [0.2, 0.25) is 0 Å². The van der Waals surface area contributed by atoms with Gasteiger partial charge in [0.25, 0.3) is 0 Å². The summed E-state index contributed by atoms with van der Waals surface area (Å²) in [6, 6.07) is 8.14. The van der Waals surface area contributed by atoms with E-state index in [9.17, 15) is 19.1 Å². The largest absolute Gasteiger partial charge is 0.497 e. The molecule has 8 nitrogen and oxygen atoms in total. The van der Waals surface area contributed by atoms with Crippen LogP contribution in [0.15, 0.2) is 30.3 Å². The minimum absolute atomic E-state index is 0.115. The molecular formula is C28H32FN3O5. The van der Waals surface area contributed by atoms with Crippen molar-refractivity contribution >= 4 is 23.1 Å². The number of fused-ring (bicyclic) bond motifs is 3. The number of aromatic nitrogens is 2. The molecule has 37 heavy (non-hydrogen) atoms. The lowest BCUT2D eigenvalue weighted by Crippen LogP contribution is -2.35. The highest BCUT2D eigenvalue weighted by Crippen LogP contribution is 2.37. The van der Waals surface area contributed by atoms with Crippen molar-refractivity contribution in [2.75, 3.05) is 20.8 Å². The summed E-state index contributed by atoms with van der Waals surface area (Å²) in [6.07, 6.45) is 5.70. The van der Waals surface area contributed by atoms with Crippen molar-refractivity contribution in [2.45, 2.75) is 63.5 Å². The molecule has 1 amide bonds. The molecule has 1 atom stereocenters. The maximum Gasteiger partial charge on any atom is 0.409 e. The van der Waals surface area contributed by atoms with Gasteiger partial charge in [-0.1, -0.05) is 25.3 Å². The fourth-order valence-electron chi connectivity index (χ4n) is 5.80. The number of benzene rings is 2. The number of rotatable bonds is 6. The Morgan fingerprint density at radius 3 is 2.65 bits per heavy atom.